The molecule has 1 aliphatic rings. The second-order valence-corrected chi connectivity index (χ2v) is 6.80. The van der Waals surface area contributed by atoms with E-state index in [1.165, 1.54) is 18.4 Å². The van der Waals surface area contributed by atoms with E-state index >= 15 is 0 Å². The van der Waals surface area contributed by atoms with E-state index in [0.717, 1.165) is 31.9 Å². The topological polar surface area (TPSA) is 52.7 Å². The molecule has 0 bridgehead atoms. The standard InChI is InChI=1S/C13H20FN3O2S/c1-20(18,19)15-6-7-16-8-10-17(11-9-16)13-4-2-12(14)3-5-13/h2-5,15H,6-11H2,1H3. The Morgan fingerprint density at radius 1 is 1.15 bits per heavy atom. The molecule has 7 heteroatoms. The third-order valence-corrected chi connectivity index (χ3v) is 4.08. The monoisotopic (exact) mass is 301 g/mol. The van der Waals surface area contributed by atoms with Gasteiger partial charge in [-0.3, -0.25) is 4.90 Å². The van der Waals surface area contributed by atoms with Crippen LogP contribution in [0.1, 0.15) is 0 Å². The van der Waals surface area contributed by atoms with Crippen LogP contribution in [-0.2, 0) is 10.0 Å². The molecule has 0 unspecified atom stereocenters. The van der Waals surface area contributed by atoms with E-state index < -0.39 is 10.0 Å². The molecule has 0 aromatic heterocycles. The normalized spacial score (nSPS) is 17.4. The lowest BCUT2D eigenvalue weighted by molar-refractivity contribution is 0.262. The van der Waals surface area contributed by atoms with Gasteiger partial charge in [0.05, 0.1) is 6.26 Å². The number of sulfonamides is 1. The summed E-state index contributed by atoms with van der Waals surface area (Å²) < 4.78 is 37.3. The first-order valence-corrected chi connectivity index (χ1v) is 8.51. The molecular weight excluding hydrogens is 281 g/mol. The first-order chi connectivity index (χ1) is 9.44. The Bertz CT molecular complexity index is 525. The van der Waals surface area contributed by atoms with Gasteiger partial charge in [0, 0.05) is 45.0 Å². The van der Waals surface area contributed by atoms with Crippen molar-refractivity contribution < 1.29 is 12.8 Å². The van der Waals surface area contributed by atoms with Crippen molar-refractivity contribution in [1.82, 2.24) is 9.62 Å². The lowest BCUT2D eigenvalue weighted by atomic mass is 10.2. The van der Waals surface area contributed by atoms with Crippen molar-refractivity contribution in [3.8, 4) is 0 Å². The third-order valence-electron chi connectivity index (χ3n) is 3.36. The van der Waals surface area contributed by atoms with E-state index in [2.05, 4.69) is 14.5 Å². The molecule has 0 atom stereocenters. The number of hydrogen-bond acceptors (Lipinski definition) is 4. The van der Waals surface area contributed by atoms with Gasteiger partial charge in [-0.15, -0.1) is 0 Å². The molecule has 1 N–H and O–H groups in total. The van der Waals surface area contributed by atoms with E-state index in [1.807, 2.05) is 0 Å². The molecule has 2 rings (SSSR count). The Morgan fingerprint density at radius 2 is 1.75 bits per heavy atom. The lowest BCUT2D eigenvalue weighted by Gasteiger charge is -2.36. The average molecular weight is 301 g/mol. The summed E-state index contributed by atoms with van der Waals surface area (Å²) in [5, 5.41) is 0. The number of hydrogen-bond donors (Lipinski definition) is 1. The van der Waals surface area contributed by atoms with Crippen molar-refractivity contribution >= 4 is 15.7 Å². The molecule has 20 heavy (non-hydrogen) atoms. The molecule has 0 saturated carbocycles. The quantitative estimate of drug-likeness (QED) is 0.860. The molecule has 1 aromatic rings. The predicted octanol–water partition coefficient (Wildman–Crippen LogP) is 0.497. The summed E-state index contributed by atoms with van der Waals surface area (Å²) in [6.45, 7) is 4.64. The average Bonchev–Trinajstić information content (AvgIpc) is 2.39. The summed E-state index contributed by atoms with van der Waals surface area (Å²) in [5.74, 6) is -0.223. The first kappa shape index (κ1) is 15.2. The maximum atomic E-state index is 12.9. The number of halogens is 1. The highest BCUT2D eigenvalue weighted by Crippen LogP contribution is 2.16. The zero-order valence-electron chi connectivity index (χ0n) is 11.5. The maximum Gasteiger partial charge on any atom is 0.208 e. The zero-order chi connectivity index (χ0) is 14.6. The van der Waals surface area contributed by atoms with Crippen LogP contribution in [0.25, 0.3) is 0 Å². The van der Waals surface area contributed by atoms with Gasteiger partial charge in [0.15, 0.2) is 0 Å². The molecule has 1 saturated heterocycles. The minimum absolute atomic E-state index is 0.223. The van der Waals surface area contributed by atoms with Gasteiger partial charge < -0.3 is 4.90 Å². The highest BCUT2D eigenvalue weighted by atomic mass is 32.2. The van der Waals surface area contributed by atoms with Crippen molar-refractivity contribution in [3.63, 3.8) is 0 Å². The number of rotatable bonds is 5. The molecule has 1 aliphatic heterocycles. The van der Waals surface area contributed by atoms with Gasteiger partial charge in [-0.1, -0.05) is 0 Å². The Balaban J connectivity index is 1.76. The van der Waals surface area contributed by atoms with Crippen LogP contribution >= 0.6 is 0 Å². The summed E-state index contributed by atoms with van der Waals surface area (Å²) >= 11 is 0. The summed E-state index contributed by atoms with van der Waals surface area (Å²) in [7, 11) is -3.11. The van der Waals surface area contributed by atoms with Crippen LogP contribution in [0.4, 0.5) is 10.1 Å². The maximum absolute atomic E-state index is 12.9. The SMILES string of the molecule is CS(=O)(=O)NCCN1CCN(c2ccc(F)cc2)CC1. The van der Waals surface area contributed by atoms with Crippen LogP contribution < -0.4 is 9.62 Å². The fourth-order valence-corrected chi connectivity index (χ4v) is 2.73. The summed E-state index contributed by atoms with van der Waals surface area (Å²) in [6.07, 6.45) is 1.17. The minimum Gasteiger partial charge on any atom is -0.369 e. The van der Waals surface area contributed by atoms with E-state index in [9.17, 15) is 12.8 Å². The van der Waals surface area contributed by atoms with Gasteiger partial charge in [-0.2, -0.15) is 0 Å². The molecule has 0 spiro atoms. The molecule has 1 heterocycles. The molecule has 0 amide bonds. The smallest absolute Gasteiger partial charge is 0.208 e. The van der Waals surface area contributed by atoms with Crippen LogP contribution in [-0.4, -0.2) is 58.8 Å². The van der Waals surface area contributed by atoms with Crippen molar-refractivity contribution in [2.45, 2.75) is 0 Å². The van der Waals surface area contributed by atoms with Gasteiger partial charge in [0.25, 0.3) is 0 Å². The first-order valence-electron chi connectivity index (χ1n) is 6.61. The summed E-state index contributed by atoms with van der Waals surface area (Å²) in [6, 6.07) is 6.52. The molecular formula is C13H20FN3O2S. The molecule has 1 aromatic carbocycles. The number of piperazine rings is 1. The third kappa shape index (κ3) is 4.73. The number of nitrogens with one attached hydrogen (secondary N) is 1. The van der Waals surface area contributed by atoms with Crippen molar-refractivity contribution in [2.24, 2.45) is 0 Å². The number of benzene rings is 1. The second-order valence-electron chi connectivity index (χ2n) is 4.97. The van der Waals surface area contributed by atoms with E-state index in [1.54, 1.807) is 12.1 Å². The Labute approximate surface area is 119 Å². The number of nitrogens with zero attached hydrogens (tertiary/aromatic N) is 2. The molecule has 5 nitrogen and oxygen atoms in total. The van der Waals surface area contributed by atoms with E-state index in [-0.39, 0.29) is 5.82 Å². The largest absolute Gasteiger partial charge is 0.369 e. The van der Waals surface area contributed by atoms with Crippen molar-refractivity contribution in [2.75, 3.05) is 50.4 Å². The van der Waals surface area contributed by atoms with Gasteiger partial charge >= 0.3 is 0 Å². The summed E-state index contributed by atoms with van der Waals surface area (Å²) in [4.78, 5) is 4.43. The van der Waals surface area contributed by atoms with Crippen LogP contribution in [0.5, 0.6) is 0 Å². The van der Waals surface area contributed by atoms with E-state index in [0.29, 0.717) is 13.1 Å². The van der Waals surface area contributed by atoms with Crippen LogP contribution in [0.3, 0.4) is 0 Å². The Morgan fingerprint density at radius 3 is 2.30 bits per heavy atom. The molecule has 1 fully saturated rings. The Hall–Kier alpha value is -1.18. The lowest BCUT2D eigenvalue weighted by Crippen LogP contribution is -2.48. The van der Waals surface area contributed by atoms with Crippen molar-refractivity contribution in [1.29, 1.82) is 0 Å². The second kappa shape index (κ2) is 6.51. The van der Waals surface area contributed by atoms with Crippen molar-refractivity contribution in [3.05, 3.63) is 30.1 Å². The van der Waals surface area contributed by atoms with Crippen LogP contribution in [0.15, 0.2) is 24.3 Å². The fraction of sp³-hybridized carbons (Fsp3) is 0.538. The van der Waals surface area contributed by atoms with E-state index in [4.69, 9.17) is 0 Å². The predicted molar refractivity (Wildman–Crippen MR) is 77.9 cm³/mol. The van der Waals surface area contributed by atoms with Gasteiger partial charge in [-0.05, 0) is 24.3 Å². The molecule has 112 valence electrons. The zero-order valence-corrected chi connectivity index (χ0v) is 12.4. The number of anilines is 1. The Kier molecular flexibility index (Phi) is 4.95. The summed E-state index contributed by atoms with van der Waals surface area (Å²) in [5.41, 5.74) is 1.03. The fourth-order valence-electron chi connectivity index (χ4n) is 2.27. The molecule has 0 radical (unpaired) electrons. The minimum atomic E-state index is -3.11. The van der Waals surface area contributed by atoms with Crippen LogP contribution in [0.2, 0.25) is 0 Å². The van der Waals surface area contributed by atoms with Gasteiger partial charge in [0.2, 0.25) is 10.0 Å². The highest BCUT2D eigenvalue weighted by molar-refractivity contribution is 7.88. The molecule has 0 aliphatic carbocycles. The van der Waals surface area contributed by atoms with Gasteiger partial charge in [0.1, 0.15) is 5.82 Å². The highest BCUT2D eigenvalue weighted by Gasteiger charge is 2.17. The van der Waals surface area contributed by atoms with Gasteiger partial charge in [-0.25, -0.2) is 17.5 Å². The van der Waals surface area contributed by atoms with Crippen LogP contribution in [0, 0.1) is 5.82 Å².